The van der Waals surface area contributed by atoms with Gasteiger partial charge in [0.2, 0.25) is 0 Å². The van der Waals surface area contributed by atoms with E-state index >= 15 is 0 Å². The Hall–Kier alpha value is -2.93. The van der Waals surface area contributed by atoms with Crippen molar-refractivity contribution in [2.75, 3.05) is 13.1 Å². The third kappa shape index (κ3) is 4.58. The van der Waals surface area contributed by atoms with Crippen LogP contribution in [-0.4, -0.2) is 29.2 Å². The second-order valence-electron chi connectivity index (χ2n) is 5.97. The van der Waals surface area contributed by atoms with Crippen LogP contribution >= 0.6 is 0 Å². The lowest BCUT2D eigenvalue weighted by molar-refractivity contribution is 0.0953. The molecule has 0 saturated heterocycles. The lowest BCUT2D eigenvalue weighted by Crippen LogP contribution is -2.27. The molecule has 0 aliphatic rings. The number of rotatable bonds is 8. The number of carbonyl (C=O) groups is 1. The highest BCUT2D eigenvalue weighted by molar-refractivity contribution is 5.94. The fraction of sp³-hybridized carbons (Fsp3) is 0.263. The number of nitrogens with one attached hydrogen (secondary N) is 3. The second kappa shape index (κ2) is 8.44. The van der Waals surface area contributed by atoms with E-state index in [1.54, 1.807) is 6.20 Å². The van der Waals surface area contributed by atoms with Crippen LogP contribution in [0.5, 0.6) is 0 Å². The summed E-state index contributed by atoms with van der Waals surface area (Å²) < 4.78 is 18.5. The minimum absolute atomic E-state index is 0.199. The van der Waals surface area contributed by atoms with Crippen LogP contribution in [0.1, 0.15) is 28.1 Å². The summed E-state index contributed by atoms with van der Waals surface area (Å²) in [6.45, 7) is 3.83. The molecule has 0 bridgehead atoms. The number of benzene rings is 1. The van der Waals surface area contributed by atoms with Crippen LogP contribution in [0, 0.1) is 12.7 Å². The number of hydrogen-bond acceptors (Lipinski definition) is 4. The topological polar surface area (TPSA) is 83.0 Å². The summed E-state index contributed by atoms with van der Waals surface area (Å²) in [4.78, 5) is 11.9. The predicted octanol–water partition coefficient (Wildman–Crippen LogP) is 3.03. The zero-order valence-electron chi connectivity index (χ0n) is 14.5. The summed E-state index contributed by atoms with van der Waals surface area (Å²) in [5.74, 6) is 1.07. The average Bonchev–Trinajstić information content (AvgIpc) is 3.27. The summed E-state index contributed by atoms with van der Waals surface area (Å²) in [6, 6.07) is 9.33. The van der Waals surface area contributed by atoms with Crippen LogP contribution < -0.4 is 10.6 Å². The Bertz CT molecular complexity index is 855. The van der Waals surface area contributed by atoms with Gasteiger partial charge in [-0.1, -0.05) is 0 Å². The van der Waals surface area contributed by atoms with Crippen molar-refractivity contribution >= 4 is 5.91 Å². The molecule has 1 aromatic carbocycles. The number of furan rings is 1. The van der Waals surface area contributed by atoms with Gasteiger partial charge in [0.05, 0.1) is 6.20 Å². The number of aromatic amines is 1. The molecule has 0 atom stereocenters. The van der Waals surface area contributed by atoms with Crippen molar-refractivity contribution in [3.05, 3.63) is 65.3 Å². The predicted molar refractivity (Wildman–Crippen MR) is 96.1 cm³/mol. The number of carbonyl (C=O) groups excluding carboxylic acids is 1. The number of aromatic nitrogens is 2. The molecule has 3 N–H and O–H groups in total. The van der Waals surface area contributed by atoms with Gasteiger partial charge in [0.1, 0.15) is 17.3 Å². The van der Waals surface area contributed by atoms with Gasteiger partial charge >= 0.3 is 0 Å². The fourth-order valence-electron chi connectivity index (χ4n) is 2.57. The molecular formula is C19H21FN4O2. The maximum absolute atomic E-state index is 12.8. The quantitative estimate of drug-likeness (QED) is 0.542. The number of aryl methyl sites for hydroxylation is 1. The van der Waals surface area contributed by atoms with E-state index in [9.17, 15) is 9.18 Å². The molecule has 2 aromatic heterocycles. The van der Waals surface area contributed by atoms with Gasteiger partial charge in [0.15, 0.2) is 5.76 Å². The first-order valence-corrected chi connectivity index (χ1v) is 8.47. The molecule has 0 aliphatic carbocycles. The molecule has 7 heteroatoms. The Morgan fingerprint density at radius 2 is 2.00 bits per heavy atom. The highest BCUT2D eigenvalue weighted by atomic mass is 19.1. The Labute approximate surface area is 150 Å². The molecule has 0 fully saturated rings. The molecule has 0 radical (unpaired) electrons. The minimum Gasteiger partial charge on any atom is -0.460 e. The first kappa shape index (κ1) is 17.9. The zero-order chi connectivity index (χ0) is 18.4. The molecule has 0 spiro atoms. The van der Waals surface area contributed by atoms with E-state index in [1.165, 1.54) is 24.3 Å². The third-order valence-corrected chi connectivity index (χ3v) is 3.94. The van der Waals surface area contributed by atoms with Crippen LogP contribution in [0.2, 0.25) is 0 Å². The van der Waals surface area contributed by atoms with Crippen molar-refractivity contribution < 1.29 is 13.6 Å². The maximum atomic E-state index is 12.8. The van der Waals surface area contributed by atoms with Crippen LogP contribution in [0.4, 0.5) is 4.39 Å². The molecule has 2 heterocycles. The highest BCUT2D eigenvalue weighted by Gasteiger charge is 2.10. The minimum atomic E-state index is -0.353. The van der Waals surface area contributed by atoms with Crippen LogP contribution in [0.25, 0.3) is 11.5 Å². The normalized spacial score (nSPS) is 10.8. The van der Waals surface area contributed by atoms with Crippen molar-refractivity contribution in [2.24, 2.45) is 0 Å². The van der Waals surface area contributed by atoms with E-state index < -0.39 is 0 Å². The number of amides is 1. The average molecular weight is 356 g/mol. The maximum Gasteiger partial charge on any atom is 0.251 e. The Morgan fingerprint density at radius 3 is 2.73 bits per heavy atom. The number of halogens is 1. The lowest BCUT2D eigenvalue weighted by atomic mass is 10.2. The Morgan fingerprint density at radius 1 is 1.19 bits per heavy atom. The number of H-pyrrole nitrogens is 1. The Kier molecular flexibility index (Phi) is 5.80. The van der Waals surface area contributed by atoms with Crippen molar-refractivity contribution in [1.29, 1.82) is 0 Å². The summed E-state index contributed by atoms with van der Waals surface area (Å²) >= 11 is 0. The fourth-order valence-corrected chi connectivity index (χ4v) is 2.57. The molecule has 1 amide bonds. The Balaban J connectivity index is 1.38. The SMILES string of the molecule is Cc1ccc(-c2[nH]ncc2CNCCCNC(=O)c2ccc(F)cc2)o1. The molecule has 0 saturated carbocycles. The van der Waals surface area contributed by atoms with E-state index in [1.807, 2.05) is 19.1 Å². The van der Waals surface area contributed by atoms with Crippen LogP contribution in [0.15, 0.2) is 47.0 Å². The van der Waals surface area contributed by atoms with Gasteiger partial charge in [-0.05, 0) is 56.3 Å². The van der Waals surface area contributed by atoms with E-state index in [0.717, 1.165) is 35.7 Å². The summed E-state index contributed by atoms with van der Waals surface area (Å²) in [5, 5.41) is 13.2. The lowest BCUT2D eigenvalue weighted by Gasteiger charge is -2.07. The van der Waals surface area contributed by atoms with Crippen molar-refractivity contribution in [3.63, 3.8) is 0 Å². The first-order valence-electron chi connectivity index (χ1n) is 8.47. The van der Waals surface area contributed by atoms with Crippen molar-refractivity contribution in [1.82, 2.24) is 20.8 Å². The smallest absolute Gasteiger partial charge is 0.251 e. The summed E-state index contributed by atoms with van der Waals surface area (Å²) in [6.07, 6.45) is 2.55. The summed E-state index contributed by atoms with van der Waals surface area (Å²) in [7, 11) is 0. The standard InChI is InChI=1S/C19H21FN4O2/c1-13-3-8-17(26-13)18-15(12-23-24-18)11-21-9-2-10-22-19(25)14-4-6-16(20)7-5-14/h3-8,12,21H,2,9-11H2,1H3,(H,22,25)(H,23,24). The van der Waals surface area contributed by atoms with Gasteiger partial charge in [0.25, 0.3) is 5.91 Å². The van der Waals surface area contributed by atoms with Crippen LogP contribution in [0.3, 0.4) is 0 Å². The van der Waals surface area contributed by atoms with Crippen molar-refractivity contribution in [3.8, 4) is 11.5 Å². The number of hydrogen-bond donors (Lipinski definition) is 3. The molecule has 3 rings (SSSR count). The van der Waals surface area contributed by atoms with E-state index in [-0.39, 0.29) is 11.7 Å². The third-order valence-electron chi connectivity index (χ3n) is 3.94. The van der Waals surface area contributed by atoms with Crippen LogP contribution in [-0.2, 0) is 6.54 Å². The number of nitrogens with zero attached hydrogens (tertiary/aromatic N) is 1. The second-order valence-corrected chi connectivity index (χ2v) is 5.97. The monoisotopic (exact) mass is 356 g/mol. The van der Waals surface area contributed by atoms with E-state index in [0.29, 0.717) is 18.7 Å². The molecule has 6 nitrogen and oxygen atoms in total. The molecule has 0 unspecified atom stereocenters. The first-order chi connectivity index (χ1) is 12.6. The summed E-state index contributed by atoms with van der Waals surface area (Å²) in [5.41, 5.74) is 2.35. The zero-order valence-corrected chi connectivity index (χ0v) is 14.5. The molecule has 3 aromatic rings. The van der Waals surface area contributed by atoms with Gasteiger partial charge < -0.3 is 15.1 Å². The molecule has 136 valence electrons. The van der Waals surface area contributed by atoms with Gasteiger partial charge in [-0.2, -0.15) is 5.10 Å². The van der Waals surface area contributed by atoms with E-state index in [2.05, 4.69) is 20.8 Å². The van der Waals surface area contributed by atoms with Gasteiger partial charge in [-0.3, -0.25) is 9.89 Å². The van der Waals surface area contributed by atoms with Gasteiger partial charge in [-0.15, -0.1) is 0 Å². The molecule has 0 aliphatic heterocycles. The van der Waals surface area contributed by atoms with Crippen molar-refractivity contribution in [2.45, 2.75) is 19.9 Å². The van der Waals surface area contributed by atoms with Gasteiger partial charge in [0, 0.05) is 24.2 Å². The molecule has 26 heavy (non-hydrogen) atoms. The van der Waals surface area contributed by atoms with Gasteiger partial charge in [-0.25, -0.2) is 4.39 Å². The van der Waals surface area contributed by atoms with E-state index in [4.69, 9.17) is 4.42 Å². The largest absolute Gasteiger partial charge is 0.460 e. The molecular weight excluding hydrogens is 335 g/mol. The highest BCUT2D eigenvalue weighted by Crippen LogP contribution is 2.23.